The SMILES string of the molecule is COc1ccccc1N1CCN(Cc2ccc(C(=O)N3CCc4ccccc4C3)cc2)CC1. The van der Waals surface area contributed by atoms with Crippen LogP contribution in [0.25, 0.3) is 0 Å². The van der Waals surface area contributed by atoms with E-state index in [9.17, 15) is 4.79 Å². The molecule has 2 heterocycles. The molecular formula is C28H31N3O2. The molecule has 1 saturated heterocycles. The Labute approximate surface area is 196 Å². The van der Waals surface area contributed by atoms with E-state index in [1.165, 1.54) is 22.4 Å². The molecule has 0 spiro atoms. The van der Waals surface area contributed by atoms with E-state index >= 15 is 0 Å². The fraction of sp³-hybridized carbons (Fsp3) is 0.321. The van der Waals surface area contributed by atoms with Crippen LogP contribution in [0, 0.1) is 0 Å². The van der Waals surface area contributed by atoms with Crippen molar-refractivity contribution in [2.75, 3.05) is 44.7 Å². The van der Waals surface area contributed by atoms with Crippen molar-refractivity contribution >= 4 is 11.6 Å². The number of benzene rings is 3. The number of carbonyl (C=O) groups is 1. The largest absolute Gasteiger partial charge is 0.495 e. The number of para-hydroxylation sites is 2. The molecule has 1 fully saturated rings. The first-order valence-electron chi connectivity index (χ1n) is 11.8. The maximum absolute atomic E-state index is 13.0. The van der Waals surface area contributed by atoms with E-state index in [0.29, 0.717) is 6.54 Å². The summed E-state index contributed by atoms with van der Waals surface area (Å²) in [6.07, 6.45) is 0.931. The Morgan fingerprint density at radius 2 is 1.52 bits per heavy atom. The number of carbonyl (C=O) groups excluding carboxylic acids is 1. The molecule has 3 aromatic carbocycles. The number of ether oxygens (including phenoxy) is 1. The lowest BCUT2D eigenvalue weighted by Gasteiger charge is -2.36. The Bertz CT molecular complexity index is 1100. The zero-order valence-electron chi connectivity index (χ0n) is 19.2. The Kier molecular flexibility index (Phi) is 6.31. The van der Waals surface area contributed by atoms with Gasteiger partial charge in [-0.2, -0.15) is 0 Å². The summed E-state index contributed by atoms with van der Waals surface area (Å²) < 4.78 is 5.53. The maximum atomic E-state index is 13.0. The van der Waals surface area contributed by atoms with E-state index in [1.807, 2.05) is 29.2 Å². The Hall–Kier alpha value is -3.31. The molecule has 0 radical (unpaired) electrons. The van der Waals surface area contributed by atoms with Gasteiger partial charge in [0.2, 0.25) is 0 Å². The molecule has 3 aromatic rings. The van der Waals surface area contributed by atoms with Gasteiger partial charge >= 0.3 is 0 Å². The maximum Gasteiger partial charge on any atom is 0.254 e. The van der Waals surface area contributed by atoms with Crippen molar-refractivity contribution in [1.29, 1.82) is 0 Å². The highest BCUT2D eigenvalue weighted by Crippen LogP contribution is 2.28. The van der Waals surface area contributed by atoms with Gasteiger partial charge in [0.15, 0.2) is 0 Å². The van der Waals surface area contributed by atoms with Crippen molar-refractivity contribution < 1.29 is 9.53 Å². The number of fused-ring (bicyclic) bond motifs is 1. The normalized spacial score (nSPS) is 16.4. The molecule has 0 bridgehead atoms. The fourth-order valence-electron chi connectivity index (χ4n) is 4.90. The molecule has 2 aliphatic rings. The Morgan fingerprint density at radius 3 is 2.27 bits per heavy atom. The Balaban J connectivity index is 1.16. The highest BCUT2D eigenvalue weighted by atomic mass is 16.5. The molecule has 5 heteroatoms. The topological polar surface area (TPSA) is 36.0 Å². The van der Waals surface area contributed by atoms with E-state index in [0.717, 1.165) is 57.0 Å². The van der Waals surface area contributed by atoms with Gasteiger partial charge in [-0.25, -0.2) is 0 Å². The molecule has 0 aliphatic carbocycles. The fourth-order valence-corrected chi connectivity index (χ4v) is 4.90. The van der Waals surface area contributed by atoms with E-state index in [4.69, 9.17) is 4.74 Å². The molecule has 0 N–H and O–H groups in total. The summed E-state index contributed by atoms with van der Waals surface area (Å²) in [4.78, 5) is 19.9. The second kappa shape index (κ2) is 9.67. The molecule has 0 atom stereocenters. The number of hydrogen-bond donors (Lipinski definition) is 0. The summed E-state index contributed by atoms with van der Waals surface area (Å²) in [6, 6.07) is 24.9. The van der Waals surface area contributed by atoms with Gasteiger partial charge in [-0.1, -0.05) is 48.5 Å². The monoisotopic (exact) mass is 441 g/mol. The molecule has 0 saturated carbocycles. The minimum Gasteiger partial charge on any atom is -0.495 e. The minimum absolute atomic E-state index is 0.126. The van der Waals surface area contributed by atoms with Crippen LogP contribution in [0.2, 0.25) is 0 Å². The second-order valence-electron chi connectivity index (χ2n) is 8.88. The van der Waals surface area contributed by atoms with Gasteiger partial charge < -0.3 is 14.5 Å². The third-order valence-electron chi connectivity index (χ3n) is 6.82. The van der Waals surface area contributed by atoms with Gasteiger partial charge in [0, 0.05) is 51.4 Å². The summed E-state index contributed by atoms with van der Waals surface area (Å²) >= 11 is 0. The van der Waals surface area contributed by atoms with E-state index in [-0.39, 0.29) is 5.91 Å². The highest BCUT2D eigenvalue weighted by Gasteiger charge is 2.22. The average Bonchev–Trinajstić information content (AvgIpc) is 2.89. The lowest BCUT2D eigenvalue weighted by molar-refractivity contribution is 0.0734. The standard InChI is InChI=1S/C28H31N3O2/c1-33-27-9-5-4-8-26(27)30-18-16-29(17-19-30)20-22-10-12-24(13-11-22)28(32)31-15-14-23-6-2-3-7-25(23)21-31/h2-13H,14-21H2,1H3. The molecule has 2 aliphatic heterocycles. The van der Waals surface area contributed by atoms with Gasteiger partial charge in [-0.05, 0) is 47.4 Å². The van der Waals surface area contributed by atoms with Gasteiger partial charge in [-0.15, -0.1) is 0 Å². The third-order valence-corrected chi connectivity index (χ3v) is 6.82. The molecule has 33 heavy (non-hydrogen) atoms. The first-order chi connectivity index (χ1) is 16.2. The van der Waals surface area contributed by atoms with Crippen LogP contribution in [0.3, 0.4) is 0 Å². The summed E-state index contributed by atoms with van der Waals surface area (Å²) in [6.45, 7) is 6.37. The molecule has 170 valence electrons. The number of hydrogen-bond acceptors (Lipinski definition) is 4. The first kappa shape index (κ1) is 21.5. The van der Waals surface area contributed by atoms with Crippen molar-refractivity contribution in [3.63, 3.8) is 0 Å². The van der Waals surface area contributed by atoms with Crippen molar-refractivity contribution in [1.82, 2.24) is 9.80 Å². The van der Waals surface area contributed by atoms with Crippen LogP contribution in [0.4, 0.5) is 5.69 Å². The van der Waals surface area contributed by atoms with E-state index in [2.05, 4.69) is 58.3 Å². The molecule has 1 amide bonds. The van der Waals surface area contributed by atoms with Crippen LogP contribution in [0.1, 0.15) is 27.0 Å². The molecule has 0 unspecified atom stereocenters. The average molecular weight is 442 g/mol. The van der Waals surface area contributed by atoms with Crippen molar-refractivity contribution in [2.45, 2.75) is 19.5 Å². The molecule has 5 nitrogen and oxygen atoms in total. The van der Waals surface area contributed by atoms with Crippen LogP contribution in [0.15, 0.2) is 72.8 Å². The molecular weight excluding hydrogens is 410 g/mol. The molecule has 5 rings (SSSR count). The first-order valence-corrected chi connectivity index (χ1v) is 11.8. The highest BCUT2D eigenvalue weighted by molar-refractivity contribution is 5.94. The second-order valence-corrected chi connectivity index (χ2v) is 8.88. The summed E-state index contributed by atoms with van der Waals surface area (Å²) in [5, 5.41) is 0. The van der Waals surface area contributed by atoms with Crippen LogP contribution in [0.5, 0.6) is 5.75 Å². The number of methoxy groups -OCH3 is 1. The van der Waals surface area contributed by atoms with Gasteiger partial charge in [0.1, 0.15) is 5.75 Å². The number of amides is 1. The van der Waals surface area contributed by atoms with E-state index < -0.39 is 0 Å². The third kappa shape index (κ3) is 4.74. The smallest absolute Gasteiger partial charge is 0.254 e. The summed E-state index contributed by atoms with van der Waals surface area (Å²) in [5.41, 5.74) is 5.83. The zero-order valence-corrected chi connectivity index (χ0v) is 19.2. The van der Waals surface area contributed by atoms with Crippen molar-refractivity contribution in [3.05, 3.63) is 95.1 Å². The number of nitrogens with zero attached hydrogens (tertiary/aromatic N) is 3. The van der Waals surface area contributed by atoms with Crippen LogP contribution in [-0.4, -0.2) is 55.5 Å². The zero-order chi connectivity index (χ0) is 22.6. The predicted molar refractivity (Wildman–Crippen MR) is 132 cm³/mol. The number of rotatable bonds is 5. The quantitative estimate of drug-likeness (QED) is 0.594. The predicted octanol–water partition coefficient (Wildman–Crippen LogP) is 4.22. The van der Waals surface area contributed by atoms with Crippen molar-refractivity contribution in [3.8, 4) is 5.75 Å². The van der Waals surface area contributed by atoms with E-state index in [1.54, 1.807) is 7.11 Å². The number of piperazine rings is 1. The lowest BCUT2D eigenvalue weighted by atomic mass is 9.99. The van der Waals surface area contributed by atoms with Crippen LogP contribution >= 0.6 is 0 Å². The summed E-state index contributed by atoms with van der Waals surface area (Å²) in [7, 11) is 1.73. The molecule has 0 aromatic heterocycles. The minimum atomic E-state index is 0.126. The van der Waals surface area contributed by atoms with Gasteiger partial charge in [0.05, 0.1) is 12.8 Å². The van der Waals surface area contributed by atoms with Gasteiger partial charge in [0.25, 0.3) is 5.91 Å². The van der Waals surface area contributed by atoms with Gasteiger partial charge in [-0.3, -0.25) is 9.69 Å². The summed E-state index contributed by atoms with van der Waals surface area (Å²) in [5.74, 6) is 1.06. The lowest BCUT2D eigenvalue weighted by Crippen LogP contribution is -2.46. The van der Waals surface area contributed by atoms with Crippen LogP contribution in [-0.2, 0) is 19.5 Å². The number of anilines is 1. The van der Waals surface area contributed by atoms with Crippen LogP contribution < -0.4 is 9.64 Å². The Morgan fingerprint density at radius 1 is 0.818 bits per heavy atom. The van der Waals surface area contributed by atoms with Crippen molar-refractivity contribution in [2.24, 2.45) is 0 Å².